The van der Waals surface area contributed by atoms with Gasteiger partial charge in [-0.3, -0.25) is 4.79 Å². The molecule has 0 saturated heterocycles. The van der Waals surface area contributed by atoms with Crippen molar-refractivity contribution < 1.29 is 4.79 Å². The molecule has 1 aromatic rings. The van der Waals surface area contributed by atoms with E-state index in [9.17, 15) is 4.79 Å². The molecule has 3 N–H and O–H groups in total. The maximum atomic E-state index is 12.5. The van der Waals surface area contributed by atoms with Crippen molar-refractivity contribution in [3.05, 3.63) is 23.8 Å². The second-order valence-corrected chi connectivity index (χ2v) is 6.29. The minimum absolute atomic E-state index is 0.00809. The van der Waals surface area contributed by atoms with Crippen LogP contribution < -0.4 is 16.0 Å². The van der Waals surface area contributed by atoms with Gasteiger partial charge in [0.15, 0.2) is 0 Å². The molecule has 2 atom stereocenters. The lowest BCUT2D eigenvalue weighted by atomic mass is 9.94. The zero-order chi connectivity index (χ0) is 15.4. The first-order valence-corrected chi connectivity index (χ1v) is 7.83. The van der Waals surface area contributed by atoms with Crippen LogP contribution in [0.2, 0.25) is 0 Å². The van der Waals surface area contributed by atoms with E-state index in [4.69, 9.17) is 5.73 Å². The van der Waals surface area contributed by atoms with Crippen molar-refractivity contribution in [2.45, 2.75) is 45.1 Å². The van der Waals surface area contributed by atoms with Crippen LogP contribution >= 0.6 is 0 Å². The number of hydrogen-bond donors (Lipinski definition) is 2. The molecule has 4 nitrogen and oxygen atoms in total. The Bertz CT molecular complexity index is 499. The normalized spacial score (nSPS) is 22.5. The first kappa shape index (κ1) is 15.8. The zero-order valence-electron chi connectivity index (χ0n) is 13.4. The molecule has 2 unspecified atom stereocenters. The number of aryl methyl sites for hydroxylation is 1. The molecule has 4 heteroatoms. The van der Waals surface area contributed by atoms with Gasteiger partial charge in [0.1, 0.15) is 0 Å². The summed E-state index contributed by atoms with van der Waals surface area (Å²) in [6.07, 6.45) is 5.28. The molecule has 0 aromatic heterocycles. The zero-order valence-corrected chi connectivity index (χ0v) is 13.4. The van der Waals surface area contributed by atoms with Crippen molar-refractivity contribution >= 4 is 17.3 Å². The third kappa shape index (κ3) is 3.97. The quantitative estimate of drug-likeness (QED) is 0.841. The van der Waals surface area contributed by atoms with E-state index >= 15 is 0 Å². The molecule has 1 aromatic carbocycles. The van der Waals surface area contributed by atoms with Crippen LogP contribution in [0.3, 0.4) is 0 Å². The van der Waals surface area contributed by atoms with Crippen molar-refractivity contribution in [2.24, 2.45) is 11.7 Å². The highest BCUT2D eigenvalue weighted by Gasteiger charge is 2.27. The highest BCUT2D eigenvalue weighted by Crippen LogP contribution is 2.26. The number of benzene rings is 1. The average Bonchev–Trinajstić information content (AvgIpc) is 2.65. The van der Waals surface area contributed by atoms with Crippen LogP contribution in [0.5, 0.6) is 0 Å². The molecule has 116 valence electrons. The first-order chi connectivity index (χ1) is 9.99. The minimum atomic E-state index is -0.0587. The molecule has 1 amide bonds. The number of anilines is 2. The van der Waals surface area contributed by atoms with Crippen molar-refractivity contribution in [3.63, 3.8) is 0 Å². The fourth-order valence-electron chi connectivity index (χ4n) is 3.07. The van der Waals surface area contributed by atoms with Crippen LogP contribution in [0.25, 0.3) is 0 Å². The Labute approximate surface area is 127 Å². The van der Waals surface area contributed by atoms with Crippen molar-refractivity contribution in [1.29, 1.82) is 0 Å². The van der Waals surface area contributed by atoms with Gasteiger partial charge in [0, 0.05) is 31.5 Å². The molecule has 0 radical (unpaired) electrons. The molecule has 0 bridgehead atoms. The molecule has 1 fully saturated rings. The number of nitrogens with zero attached hydrogens (tertiary/aromatic N) is 1. The molecule has 2 rings (SSSR count). The van der Waals surface area contributed by atoms with Crippen molar-refractivity contribution in [2.75, 3.05) is 24.3 Å². The number of nitrogens with one attached hydrogen (secondary N) is 1. The van der Waals surface area contributed by atoms with Crippen LogP contribution in [-0.2, 0) is 4.79 Å². The summed E-state index contributed by atoms with van der Waals surface area (Å²) < 4.78 is 0. The lowest BCUT2D eigenvalue weighted by molar-refractivity contribution is -0.120. The Kier molecular flexibility index (Phi) is 5.23. The van der Waals surface area contributed by atoms with Crippen molar-refractivity contribution in [3.8, 4) is 0 Å². The lowest BCUT2D eigenvalue weighted by Gasteiger charge is -2.22. The van der Waals surface area contributed by atoms with Gasteiger partial charge in [-0.1, -0.05) is 25.3 Å². The fraction of sp³-hybridized carbons (Fsp3) is 0.588. The van der Waals surface area contributed by atoms with E-state index in [-0.39, 0.29) is 17.9 Å². The Morgan fingerprint density at radius 2 is 1.95 bits per heavy atom. The monoisotopic (exact) mass is 289 g/mol. The first-order valence-electron chi connectivity index (χ1n) is 7.83. The second-order valence-electron chi connectivity index (χ2n) is 6.29. The Morgan fingerprint density at radius 3 is 2.67 bits per heavy atom. The van der Waals surface area contributed by atoms with Gasteiger partial charge in [0.2, 0.25) is 5.91 Å². The molecular weight excluding hydrogens is 262 g/mol. The molecular formula is C17H27N3O. The molecule has 1 aliphatic rings. The van der Waals surface area contributed by atoms with E-state index < -0.39 is 0 Å². The molecule has 0 aliphatic heterocycles. The lowest BCUT2D eigenvalue weighted by Crippen LogP contribution is -2.37. The van der Waals surface area contributed by atoms with Gasteiger partial charge in [-0.2, -0.15) is 0 Å². The van der Waals surface area contributed by atoms with Gasteiger partial charge in [-0.25, -0.2) is 0 Å². The SMILES string of the molecule is Cc1ccc(NC(=O)C2CCCCCC2N)cc1N(C)C. The van der Waals surface area contributed by atoms with Crippen LogP contribution in [0.4, 0.5) is 11.4 Å². The van der Waals surface area contributed by atoms with Gasteiger partial charge in [0.05, 0.1) is 5.92 Å². The van der Waals surface area contributed by atoms with E-state index in [1.54, 1.807) is 0 Å². The van der Waals surface area contributed by atoms with E-state index in [0.717, 1.165) is 37.1 Å². The summed E-state index contributed by atoms with van der Waals surface area (Å²) in [5.41, 5.74) is 9.34. The highest BCUT2D eigenvalue weighted by atomic mass is 16.1. The predicted octanol–water partition coefficient (Wildman–Crippen LogP) is 2.91. The maximum absolute atomic E-state index is 12.5. The van der Waals surface area contributed by atoms with Gasteiger partial charge < -0.3 is 16.0 Å². The number of hydrogen-bond acceptors (Lipinski definition) is 3. The molecule has 0 heterocycles. The maximum Gasteiger partial charge on any atom is 0.229 e. The fourth-order valence-corrected chi connectivity index (χ4v) is 3.07. The second kappa shape index (κ2) is 6.94. The average molecular weight is 289 g/mol. The van der Waals surface area contributed by atoms with Crippen LogP contribution in [0.1, 0.15) is 37.7 Å². The molecule has 21 heavy (non-hydrogen) atoms. The van der Waals surface area contributed by atoms with Gasteiger partial charge >= 0.3 is 0 Å². The number of amides is 1. The van der Waals surface area contributed by atoms with Gasteiger partial charge in [0.25, 0.3) is 0 Å². The largest absolute Gasteiger partial charge is 0.377 e. The summed E-state index contributed by atoms with van der Waals surface area (Å²) in [6.45, 7) is 2.07. The Balaban J connectivity index is 2.10. The Morgan fingerprint density at radius 1 is 1.24 bits per heavy atom. The van der Waals surface area contributed by atoms with Gasteiger partial charge in [-0.15, -0.1) is 0 Å². The third-order valence-electron chi connectivity index (χ3n) is 4.36. The smallest absolute Gasteiger partial charge is 0.229 e. The van der Waals surface area contributed by atoms with E-state index in [0.29, 0.717) is 0 Å². The molecule has 1 aliphatic carbocycles. The Hall–Kier alpha value is -1.55. The summed E-state index contributed by atoms with van der Waals surface area (Å²) in [5.74, 6) is 0.00886. The number of rotatable bonds is 3. The highest BCUT2D eigenvalue weighted by molar-refractivity contribution is 5.93. The predicted molar refractivity (Wildman–Crippen MR) is 88.7 cm³/mol. The standard InChI is InChI=1S/C17H27N3O/c1-12-9-10-13(11-16(12)20(2)3)19-17(21)14-7-5-4-6-8-15(14)18/h9-11,14-15H,4-8,18H2,1-3H3,(H,19,21). The minimum Gasteiger partial charge on any atom is -0.377 e. The summed E-state index contributed by atoms with van der Waals surface area (Å²) in [7, 11) is 4.02. The summed E-state index contributed by atoms with van der Waals surface area (Å²) >= 11 is 0. The van der Waals surface area contributed by atoms with Crippen LogP contribution in [0, 0.1) is 12.8 Å². The van der Waals surface area contributed by atoms with E-state index in [2.05, 4.69) is 17.1 Å². The van der Waals surface area contributed by atoms with Crippen molar-refractivity contribution in [1.82, 2.24) is 0 Å². The molecule has 0 spiro atoms. The summed E-state index contributed by atoms with van der Waals surface area (Å²) in [6, 6.07) is 6.02. The third-order valence-corrected chi connectivity index (χ3v) is 4.36. The topological polar surface area (TPSA) is 58.4 Å². The summed E-state index contributed by atoms with van der Waals surface area (Å²) in [5, 5.41) is 3.05. The summed E-state index contributed by atoms with van der Waals surface area (Å²) in [4.78, 5) is 14.5. The van der Waals surface area contributed by atoms with Gasteiger partial charge in [-0.05, 0) is 37.5 Å². The molecule has 1 saturated carbocycles. The number of nitrogens with two attached hydrogens (primary N) is 1. The van der Waals surface area contributed by atoms with E-state index in [1.165, 1.54) is 12.0 Å². The van der Waals surface area contributed by atoms with Crippen LogP contribution in [0.15, 0.2) is 18.2 Å². The number of carbonyl (C=O) groups excluding carboxylic acids is 1. The number of carbonyl (C=O) groups is 1. The van der Waals surface area contributed by atoms with E-state index in [1.807, 2.05) is 32.3 Å². The van der Waals surface area contributed by atoms with Crippen LogP contribution in [-0.4, -0.2) is 26.0 Å².